The monoisotopic (exact) mass is 324 g/mol. The lowest BCUT2D eigenvalue weighted by molar-refractivity contribution is 0.0991. The van der Waals surface area contributed by atoms with Crippen LogP contribution in [0.25, 0.3) is 0 Å². The van der Waals surface area contributed by atoms with Gasteiger partial charge in [-0.1, -0.05) is 0 Å². The van der Waals surface area contributed by atoms with E-state index in [0.29, 0.717) is 10.0 Å². The maximum absolute atomic E-state index is 13.1. The molecular formula is C14H14BrFN2O. The van der Waals surface area contributed by atoms with Gasteiger partial charge in [-0.05, 0) is 54.0 Å². The number of ketones is 1. The first-order chi connectivity index (χ1) is 8.97. The second kappa shape index (κ2) is 5.65. The summed E-state index contributed by atoms with van der Waals surface area (Å²) in [6, 6.07) is 6.36. The van der Waals surface area contributed by atoms with Crippen molar-refractivity contribution in [2.75, 3.05) is 0 Å². The highest BCUT2D eigenvalue weighted by atomic mass is 79.9. The number of carbonyl (C=O) groups excluding carboxylic acids is 1. The smallest absolute Gasteiger partial charge is 0.168 e. The normalized spacial score (nSPS) is 11.0. The van der Waals surface area contributed by atoms with Crippen LogP contribution in [0.15, 0.2) is 34.9 Å². The lowest BCUT2D eigenvalue weighted by Crippen LogP contribution is -2.06. The van der Waals surface area contributed by atoms with Gasteiger partial charge in [0.05, 0.1) is 16.6 Å². The zero-order valence-electron chi connectivity index (χ0n) is 10.7. The zero-order chi connectivity index (χ0) is 14.0. The van der Waals surface area contributed by atoms with Crippen LogP contribution in [-0.4, -0.2) is 15.6 Å². The predicted molar refractivity (Wildman–Crippen MR) is 74.7 cm³/mol. The Labute approximate surface area is 119 Å². The summed E-state index contributed by atoms with van der Waals surface area (Å²) in [7, 11) is 0. The Morgan fingerprint density at radius 1 is 1.42 bits per heavy atom. The zero-order valence-corrected chi connectivity index (χ0v) is 12.3. The molecule has 0 radical (unpaired) electrons. The highest BCUT2D eigenvalue weighted by Gasteiger charge is 2.11. The molecule has 100 valence electrons. The summed E-state index contributed by atoms with van der Waals surface area (Å²) in [4.78, 5) is 12.1. The van der Waals surface area contributed by atoms with E-state index in [4.69, 9.17) is 0 Å². The molecule has 2 rings (SSSR count). The van der Waals surface area contributed by atoms with Gasteiger partial charge >= 0.3 is 0 Å². The predicted octanol–water partition coefficient (Wildman–Crippen LogP) is 3.79. The van der Waals surface area contributed by atoms with Gasteiger partial charge in [-0.15, -0.1) is 0 Å². The Bertz CT molecular complexity index is 607. The first-order valence-electron chi connectivity index (χ1n) is 5.99. The number of aromatic nitrogens is 2. The molecule has 0 unspecified atom stereocenters. The summed E-state index contributed by atoms with van der Waals surface area (Å²) in [5.74, 6) is -0.449. The summed E-state index contributed by atoms with van der Waals surface area (Å²) in [6.45, 7) is 4.05. The third-order valence-electron chi connectivity index (χ3n) is 2.78. The van der Waals surface area contributed by atoms with Crippen molar-refractivity contribution in [2.24, 2.45) is 0 Å². The van der Waals surface area contributed by atoms with Gasteiger partial charge < -0.3 is 0 Å². The summed E-state index contributed by atoms with van der Waals surface area (Å²) in [5, 5.41) is 4.33. The second-order valence-corrected chi connectivity index (χ2v) is 5.46. The molecule has 3 nitrogen and oxygen atoms in total. The van der Waals surface area contributed by atoms with E-state index in [1.807, 2.05) is 30.8 Å². The van der Waals surface area contributed by atoms with Crippen molar-refractivity contribution in [3.05, 3.63) is 52.0 Å². The average molecular weight is 325 g/mol. The summed E-state index contributed by atoms with van der Waals surface area (Å²) >= 11 is 3.08. The van der Waals surface area contributed by atoms with Crippen molar-refractivity contribution in [3.63, 3.8) is 0 Å². The molecule has 0 atom stereocenters. The molecule has 0 bridgehead atoms. The van der Waals surface area contributed by atoms with Crippen LogP contribution >= 0.6 is 15.9 Å². The van der Waals surface area contributed by atoms with Crippen LogP contribution in [0.2, 0.25) is 0 Å². The van der Waals surface area contributed by atoms with Crippen LogP contribution in [0.1, 0.15) is 35.9 Å². The molecule has 0 aliphatic carbocycles. The molecule has 0 N–H and O–H groups in total. The van der Waals surface area contributed by atoms with E-state index in [1.54, 1.807) is 0 Å². The van der Waals surface area contributed by atoms with Crippen molar-refractivity contribution in [3.8, 4) is 0 Å². The summed E-state index contributed by atoms with van der Waals surface area (Å²) < 4.78 is 15.2. The number of nitrogens with zero attached hydrogens (tertiary/aromatic N) is 2. The highest BCUT2D eigenvalue weighted by molar-refractivity contribution is 9.10. The first-order valence-corrected chi connectivity index (χ1v) is 6.79. The fraction of sp³-hybridized carbons (Fsp3) is 0.286. The van der Waals surface area contributed by atoms with E-state index >= 15 is 0 Å². The molecule has 1 aromatic heterocycles. The fourth-order valence-corrected chi connectivity index (χ4v) is 2.07. The molecule has 5 heteroatoms. The van der Waals surface area contributed by atoms with Gasteiger partial charge in [-0.2, -0.15) is 5.10 Å². The quantitative estimate of drug-likeness (QED) is 0.802. The van der Waals surface area contributed by atoms with Crippen LogP contribution in [0.5, 0.6) is 0 Å². The number of carbonyl (C=O) groups is 1. The molecular weight excluding hydrogens is 311 g/mol. The van der Waals surface area contributed by atoms with Crippen LogP contribution in [-0.2, 0) is 6.42 Å². The van der Waals surface area contributed by atoms with Gasteiger partial charge in [-0.25, -0.2) is 4.39 Å². The van der Waals surface area contributed by atoms with Gasteiger partial charge in [0.1, 0.15) is 5.82 Å². The van der Waals surface area contributed by atoms with Gasteiger partial charge in [-0.3, -0.25) is 9.48 Å². The minimum Gasteiger partial charge on any atom is -0.294 e. The summed E-state index contributed by atoms with van der Waals surface area (Å²) in [5.41, 5.74) is 1.20. The molecule has 2 aromatic rings. The molecule has 19 heavy (non-hydrogen) atoms. The second-order valence-electron chi connectivity index (χ2n) is 4.61. The Kier molecular flexibility index (Phi) is 4.14. The van der Waals surface area contributed by atoms with E-state index in [2.05, 4.69) is 21.0 Å². The third kappa shape index (κ3) is 3.29. The van der Waals surface area contributed by atoms with E-state index in [-0.39, 0.29) is 24.1 Å². The Hall–Kier alpha value is -1.49. The van der Waals surface area contributed by atoms with Gasteiger partial charge in [0.25, 0.3) is 0 Å². The molecule has 1 aromatic carbocycles. The molecule has 0 aliphatic heterocycles. The van der Waals surface area contributed by atoms with Crippen LogP contribution in [0, 0.1) is 5.82 Å². The Morgan fingerprint density at radius 3 is 2.74 bits per heavy atom. The number of rotatable bonds is 4. The Morgan fingerprint density at radius 2 is 2.16 bits per heavy atom. The van der Waals surface area contributed by atoms with Gasteiger partial charge in [0.15, 0.2) is 5.78 Å². The van der Waals surface area contributed by atoms with Crippen molar-refractivity contribution in [1.29, 1.82) is 0 Å². The van der Waals surface area contributed by atoms with Crippen molar-refractivity contribution in [2.45, 2.75) is 26.3 Å². The van der Waals surface area contributed by atoms with Crippen LogP contribution < -0.4 is 0 Å². The third-order valence-corrected chi connectivity index (χ3v) is 3.38. The maximum atomic E-state index is 13.1. The maximum Gasteiger partial charge on any atom is 0.168 e. The van der Waals surface area contributed by atoms with Crippen molar-refractivity contribution >= 4 is 21.7 Å². The SMILES string of the molecule is CC(C)n1ccc(CC(=O)c2ccc(F)c(Br)c2)n1. The highest BCUT2D eigenvalue weighted by Crippen LogP contribution is 2.18. The largest absolute Gasteiger partial charge is 0.294 e. The molecule has 0 aliphatic rings. The van der Waals surface area contributed by atoms with E-state index in [1.165, 1.54) is 18.2 Å². The molecule has 0 fully saturated rings. The number of hydrogen-bond donors (Lipinski definition) is 0. The van der Waals surface area contributed by atoms with Gasteiger partial charge in [0.2, 0.25) is 0 Å². The fourth-order valence-electron chi connectivity index (χ4n) is 1.70. The van der Waals surface area contributed by atoms with Gasteiger partial charge in [0, 0.05) is 17.8 Å². The minimum atomic E-state index is -0.374. The van der Waals surface area contributed by atoms with Crippen LogP contribution in [0.4, 0.5) is 4.39 Å². The number of benzene rings is 1. The molecule has 0 saturated heterocycles. The standard InChI is InChI=1S/C14H14BrFN2O/c1-9(2)18-6-5-11(17-18)8-14(19)10-3-4-13(16)12(15)7-10/h3-7,9H,8H2,1-2H3. The molecule has 1 heterocycles. The Balaban J connectivity index is 2.13. The van der Waals surface area contributed by atoms with E-state index < -0.39 is 0 Å². The van der Waals surface area contributed by atoms with Crippen LogP contribution in [0.3, 0.4) is 0 Å². The van der Waals surface area contributed by atoms with E-state index in [9.17, 15) is 9.18 Å². The number of halogens is 2. The van der Waals surface area contributed by atoms with Crippen molar-refractivity contribution in [1.82, 2.24) is 9.78 Å². The lowest BCUT2D eigenvalue weighted by Gasteiger charge is -2.04. The minimum absolute atomic E-state index is 0.0743. The lowest BCUT2D eigenvalue weighted by atomic mass is 10.1. The number of Topliss-reactive ketones (excluding diaryl/α,β-unsaturated/α-hetero) is 1. The average Bonchev–Trinajstić information content (AvgIpc) is 2.81. The topological polar surface area (TPSA) is 34.9 Å². The molecule has 0 saturated carbocycles. The summed E-state index contributed by atoms with van der Waals surface area (Å²) in [6.07, 6.45) is 2.08. The molecule has 0 amide bonds. The number of hydrogen-bond acceptors (Lipinski definition) is 2. The molecule has 0 spiro atoms. The first kappa shape index (κ1) is 13.9. The van der Waals surface area contributed by atoms with Crippen molar-refractivity contribution < 1.29 is 9.18 Å². The van der Waals surface area contributed by atoms with E-state index in [0.717, 1.165) is 5.69 Å².